The van der Waals surface area contributed by atoms with Crippen LogP contribution in [-0.4, -0.2) is 65.5 Å². The van der Waals surface area contributed by atoms with Gasteiger partial charge < -0.3 is 10.2 Å². The van der Waals surface area contributed by atoms with Crippen LogP contribution in [0.3, 0.4) is 0 Å². The minimum Gasteiger partial charge on any atom is -0.366 e. The lowest BCUT2D eigenvalue weighted by atomic mass is 9.38. The molecule has 0 spiro atoms. The molecular formula is C29H32Cl2F2N4O3S. The Kier molecular flexibility index (Phi) is 6.77. The molecule has 2 aromatic rings. The molecule has 1 N–H and O–H groups in total. The van der Waals surface area contributed by atoms with Crippen LogP contribution in [0.1, 0.15) is 51.5 Å². The Balaban J connectivity index is 1.25. The number of piperidine rings is 1. The summed E-state index contributed by atoms with van der Waals surface area (Å²) in [6, 6.07) is 12.6. The number of benzene rings is 2. The minimum absolute atomic E-state index is 0.125. The molecule has 1 amide bonds. The summed E-state index contributed by atoms with van der Waals surface area (Å²) in [5, 5.41) is 4.15. The third-order valence-corrected chi connectivity index (χ3v) is 11.7. The van der Waals surface area contributed by atoms with Crippen LogP contribution in [0.2, 0.25) is 10.0 Å². The van der Waals surface area contributed by atoms with Gasteiger partial charge in [0.1, 0.15) is 5.84 Å². The first-order chi connectivity index (χ1) is 19.2. The maximum absolute atomic E-state index is 14.1. The summed E-state index contributed by atoms with van der Waals surface area (Å²) in [6.07, 6.45) is 1.66. The zero-order valence-electron chi connectivity index (χ0n) is 22.8. The molecule has 4 fully saturated rings. The predicted octanol–water partition coefficient (Wildman–Crippen LogP) is 5.51. The van der Waals surface area contributed by atoms with E-state index in [1.54, 1.807) is 52.8 Å². The Hall–Kier alpha value is -2.27. The number of halogens is 4. The van der Waals surface area contributed by atoms with Crippen molar-refractivity contribution < 1.29 is 22.0 Å². The van der Waals surface area contributed by atoms with Gasteiger partial charge in [-0.15, -0.1) is 0 Å². The zero-order chi connectivity index (χ0) is 29.4. The number of sulfonamides is 1. The average Bonchev–Trinajstić information content (AvgIpc) is 3.18. The van der Waals surface area contributed by atoms with Crippen molar-refractivity contribution in [3.05, 3.63) is 64.1 Å². The number of hydrogen-bond donors (Lipinski definition) is 1. The average molecular weight is 626 g/mol. The van der Waals surface area contributed by atoms with Gasteiger partial charge in [0.2, 0.25) is 15.9 Å². The van der Waals surface area contributed by atoms with E-state index in [-0.39, 0.29) is 29.7 Å². The molecule has 0 radical (unpaired) electrons. The summed E-state index contributed by atoms with van der Waals surface area (Å²) in [4.78, 5) is 19.6. The van der Waals surface area contributed by atoms with Crippen LogP contribution in [0, 0.1) is 5.41 Å². The van der Waals surface area contributed by atoms with Gasteiger partial charge in [0, 0.05) is 30.5 Å². The summed E-state index contributed by atoms with van der Waals surface area (Å²) >= 11 is 12.4. The third-order valence-electron chi connectivity index (χ3n) is 9.00. The first-order valence-corrected chi connectivity index (χ1v) is 15.9. The Bertz CT molecular complexity index is 1510. The number of nitrogens with one attached hydrogen (secondary N) is 1. The molecule has 0 aromatic heterocycles. The number of carbonyl (C=O) groups is 1. The van der Waals surface area contributed by atoms with Gasteiger partial charge in [-0.25, -0.2) is 17.2 Å². The van der Waals surface area contributed by atoms with Gasteiger partial charge in [0.15, 0.2) is 6.04 Å². The van der Waals surface area contributed by atoms with Crippen molar-refractivity contribution in [1.82, 2.24) is 14.5 Å². The molecule has 2 aliphatic heterocycles. The number of rotatable bonds is 7. The molecule has 0 unspecified atom stereocenters. The van der Waals surface area contributed by atoms with Crippen LogP contribution in [0.25, 0.3) is 0 Å². The Morgan fingerprint density at radius 1 is 1.10 bits per heavy atom. The van der Waals surface area contributed by atoms with Gasteiger partial charge in [-0.2, -0.15) is 4.31 Å². The molecule has 1 saturated heterocycles. The predicted molar refractivity (Wildman–Crippen MR) is 154 cm³/mol. The number of nitrogens with zero attached hydrogens (tertiary/aromatic N) is 3. The van der Waals surface area contributed by atoms with Crippen LogP contribution in [0.15, 0.2) is 58.4 Å². The summed E-state index contributed by atoms with van der Waals surface area (Å²) in [6.45, 7) is 3.54. The van der Waals surface area contributed by atoms with Gasteiger partial charge >= 0.3 is 0 Å². The van der Waals surface area contributed by atoms with Crippen LogP contribution in [0.5, 0.6) is 0 Å². The SMILES string of the molecule is CC1(C)NC(C23CC(N(Cc4ccc(Cl)c(Cl)c4)S(=O)(=O)c4ccccc4)(C2)C3)=N[C@H]1C(=O)N1CCCC(F)(F)C1. The molecule has 3 aliphatic carbocycles. The Morgan fingerprint density at radius 2 is 1.78 bits per heavy atom. The highest BCUT2D eigenvalue weighted by Crippen LogP contribution is 2.71. The normalized spacial score (nSPS) is 29.8. The molecule has 7 nitrogen and oxygen atoms in total. The van der Waals surface area contributed by atoms with E-state index in [1.807, 2.05) is 13.8 Å². The largest absolute Gasteiger partial charge is 0.366 e. The highest BCUT2D eigenvalue weighted by atomic mass is 35.5. The fourth-order valence-corrected chi connectivity index (χ4v) is 9.04. The number of amides is 1. The quantitative estimate of drug-likeness (QED) is 0.440. The maximum Gasteiger partial charge on any atom is 0.265 e. The molecule has 5 aliphatic rings. The van der Waals surface area contributed by atoms with Gasteiger partial charge in [0.25, 0.3) is 5.92 Å². The van der Waals surface area contributed by atoms with E-state index in [1.165, 1.54) is 4.90 Å². The number of aliphatic imine (C=N–C) groups is 1. The molecule has 2 aromatic carbocycles. The number of likely N-dealkylation sites (tertiary alicyclic amines) is 1. The van der Waals surface area contributed by atoms with Crippen LogP contribution in [-0.2, 0) is 21.4 Å². The van der Waals surface area contributed by atoms with Gasteiger partial charge in [-0.05, 0) is 69.4 Å². The second kappa shape index (κ2) is 9.62. The fourth-order valence-electron chi connectivity index (χ4n) is 6.94. The molecule has 2 bridgehead atoms. The van der Waals surface area contributed by atoms with Crippen molar-refractivity contribution in [2.75, 3.05) is 13.1 Å². The van der Waals surface area contributed by atoms with E-state index in [2.05, 4.69) is 5.32 Å². The third kappa shape index (κ3) is 4.84. The minimum atomic E-state index is -3.86. The monoisotopic (exact) mass is 624 g/mol. The number of hydrogen-bond acceptors (Lipinski definition) is 5. The van der Waals surface area contributed by atoms with E-state index in [4.69, 9.17) is 28.2 Å². The van der Waals surface area contributed by atoms with Crippen LogP contribution >= 0.6 is 23.2 Å². The lowest BCUT2D eigenvalue weighted by Crippen LogP contribution is -2.78. The standard InChI is InChI=1S/C29H32Cl2F2N4O3S/c1-26(2)23(24(38)36-12-6-11-29(32,33)18-36)34-25(35-26)27-15-28(16-27,17-27)37(14-19-9-10-21(30)22(31)13-19)41(39,40)20-7-4-3-5-8-20/h3-5,7-10,13,23H,6,11-12,14-18H2,1-2H3,(H,34,35)/t23-,27?,28?/m0/s1. The summed E-state index contributed by atoms with van der Waals surface area (Å²) in [7, 11) is -3.86. The van der Waals surface area contributed by atoms with Gasteiger partial charge in [-0.3, -0.25) is 9.79 Å². The zero-order valence-corrected chi connectivity index (χ0v) is 25.2. The highest BCUT2D eigenvalue weighted by molar-refractivity contribution is 7.89. The van der Waals surface area contributed by atoms with Crippen LogP contribution < -0.4 is 5.32 Å². The van der Waals surface area contributed by atoms with E-state index in [9.17, 15) is 22.0 Å². The van der Waals surface area contributed by atoms with Crippen molar-refractivity contribution in [2.24, 2.45) is 10.4 Å². The molecule has 7 rings (SSSR count). The van der Waals surface area contributed by atoms with Gasteiger partial charge in [-0.1, -0.05) is 47.5 Å². The fraction of sp³-hybridized carbons (Fsp3) is 0.517. The topological polar surface area (TPSA) is 82.1 Å². The first kappa shape index (κ1) is 28.8. The van der Waals surface area contributed by atoms with Crippen molar-refractivity contribution in [1.29, 1.82) is 0 Å². The van der Waals surface area contributed by atoms with E-state index < -0.39 is 45.5 Å². The molecule has 3 saturated carbocycles. The van der Waals surface area contributed by atoms with Crippen LogP contribution in [0.4, 0.5) is 8.78 Å². The Morgan fingerprint density at radius 3 is 2.41 bits per heavy atom. The van der Waals surface area contributed by atoms with Crippen molar-refractivity contribution >= 4 is 45.0 Å². The molecule has 41 heavy (non-hydrogen) atoms. The second-order valence-corrected chi connectivity index (χ2v) is 15.2. The van der Waals surface area contributed by atoms with E-state index in [0.29, 0.717) is 41.7 Å². The molecular weight excluding hydrogens is 593 g/mol. The van der Waals surface area contributed by atoms with Crippen molar-refractivity contribution in [3.8, 4) is 0 Å². The second-order valence-electron chi connectivity index (χ2n) is 12.6. The summed E-state index contributed by atoms with van der Waals surface area (Å²) in [5.41, 5.74) is -1.04. The molecule has 220 valence electrons. The molecule has 2 heterocycles. The van der Waals surface area contributed by atoms with Crippen molar-refractivity contribution in [3.63, 3.8) is 0 Å². The van der Waals surface area contributed by atoms with E-state index >= 15 is 0 Å². The molecule has 1 atom stereocenters. The lowest BCUT2D eigenvalue weighted by molar-refractivity contribution is -0.151. The van der Waals surface area contributed by atoms with E-state index in [0.717, 1.165) is 5.56 Å². The maximum atomic E-state index is 14.1. The smallest absolute Gasteiger partial charge is 0.265 e. The summed E-state index contributed by atoms with van der Waals surface area (Å²) in [5.74, 6) is -2.62. The van der Waals surface area contributed by atoms with Crippen molar-refractivity contribution in [2.45, 2.75) is 80.4 Å². The number of amidine groups is 1. The first-order valence-electron chi connectivity index (χ1n) is 13.7. The summed E-state index contributed by atoms with van der Waals surface area (Å²) < 4.78 is 57.6. The number of alkyl halides is 2. The number of carbonyl (C=O) groups excluding carboxylic acids is 1. The Labute approximate surface area is 248 Å². The lowest BCUT2D eigenvalue weighted by Gasteiger charge is -2.73. The highest BCUT2D eigenvalue weighted by Gasteiger charge is 2.75. The van der Waals surface area contributed by atoms with Gasteiger partial charge in [0.05, 0.1) is 27.0 Å². The molecule has 12 heteroatoms.